The molecule has 0 unspecified atom stereocenters. The SMILES string of the molecule is C[C@H](N[C@@H](C)CO)c1cnn(C)c1. The molecule has 0 radical (unpaired) electrons. The van der Waals surface area contributed by atoms with Crippen molar-refractivity contribution in [3.63, 3.8) is 0 Å². The molecule has 0 amide bonds. The van der Waals surface area contributed by atoms with E-state index in [9.17, 15) is 0 Å². The minimum atomic E-state index is 0.121. The van der Waals surface area contributed by atoms with Gasteiger partial charge in [-0.15, -0.1) is 0 Å². The van der Waals surface area contributed by atoms with Gasteiger partial charge in [0.1, 0.15) is 0 Å². The van der Waals surface area contributed by atoms with Gasteiger partial charge in [0.25, 0.3) is 0 Å². The predicted molar refractivity (Wildman–Crippen MR) is 51.3 cm³/mol. The number of aliphatic hydroxyl groups excluding tert-OH is 1. The van der Waals surface area contributed by atoms with Crippen molar-refractivity contribution in [3.05, 3.63) is 18.0 Å². The smallest absolute Gasteiger partial charge is 0.0582 e. The van der Waals surface area contributed by atoms with Crippen LogP contribution in [0, 0.1) is 0 Å². The number of nitrogens with one attached hydrogen (secondary N) is 1. The minimum Gasteiger partial charge on any atom is -0.395 e. The number of hydrogen-bond donors (Lipinski definition) is 2. The lowest BCUT2D eigenvalue weighted by atomic mass is 10.2. The maximum absolute atomic E-state index is 8.85. The second kappa shape index (κ2) is 4.39. The van der Waals surface area contributed by atoms with Crippen molar-refractivity contribution in [1.82, 2.24) is 15.1 Å². The Labute approximate surface area is 78.6 Å². The van der Waals surface area contributed by atoms with Crippen LogP contribution in [0.3, 0.4) is 0 Å². The molecule has 0 bridgehead atoms. The number of aliphatic hydroxyl groups is 1. The fraction of sp³-hybridized carbons (Fsp3) is 0.667. The average molecular weight is 183 g/mol. The molecule has 1 aromatic heterocycles. The molecule has 0 saturated heterocycles. The fourth-order valence-electron chi connectivity index (χ4n) is 1.24. The molecule has 0 aliphatic heterocycles. The molecule has 4 nitrogen and oxygen atoms in total. The van der Waals surface area contributed by atoms with E-state index in [0.29, 0.717) is 0 Å². The van der Waals surface area contributed by atoms with Crippen molar-refractivity contribution in [1.29, 1.82) is 0 Å². The molecule has 0 fully saturated rings. The Morgan fingerprint density at radius 1 is 1.62 bits per heavy atom. The van der Waals surface area contributed by atoms with Crippen molar-refractivity contribution in [3.8, 4) is 0 Å². The Bertz CT molecular complexity index is 259. The van der Waals surface area contributed by atoms with Gasteiger partial charge in [-0.25, -0.2) is 0 Å². The highest BCUT2D eigenvalue weighted by atomic mass is 16.3. The third kappa shape index (κ3) is 2.82. The first-order valence-electron chi connectivity index (χ1n) is 4.49. The van der Waals surface area contributed by atoms with Crippen LogP contribution in [0.15, 0.2) is 12.4 Å². The normalized spacial score (nSPS) is 15.7. The molecule has 74 valence electrons. The van der Waals surface area contributed by atoms with Crippen LogP contribution in [-0.2, 0) is 7.05 Å². The molecule has 1 heterocycles. The van der Waals surface area contributed by atoms with E-state index in [-0.39, 0.29) is 18.7 Å². The Morgan fingerprint density at radius 3 is 2.77 bits per heavy atom. The summed E-state index contributed by atoms with van der Waals surface area (Å²) in [6, 6.07) is 0.353. The molecule has 2 atom stereocenters. The van der Waals surface area contributed by atoms with Crippen molar-refractivity contribution in [2.75, 3.05) is 6.61 Å². The molecule has 2 N–H and O–H groups in total. The van der Waals surface area contributed by atoms with Crippen LogP contribution in [0.4, 0.5) is 0 Å². The summed E-state index contributed by atoms with van der Waals surface area (Å²) in [7, 11) is 1.89. The lowest BCUT2D eigenvalue weighted by molar-refractivity contribution is 0.243. The van der Waals surface area contributed by atoms with Gasteiger partial charge in [0.15, 0.2) is 0 Å². The summed E-state index contributed by atoms with van der Waals surface area (Å²) in [4.78, 5) is 0. The fourth-order valence-corrected chi connectivity index (χ4v) is 1.24. The molecule has 4 heteroatoms. The van der Waals surface area contributed by atoms with Gasteiger partial charge in [-0.05, 0) is 13.8 Å². The van der Waals surface area contributed by atoms with Gasteiger partial charge in [-0.3, -0.25) is 4.68 Å². The van der Waals surface area contributed by atoms with Crippen LogP contribution >= 0.6 is 0 Å². The highest BCUT2D eigenvalue weighted by molar-refractivity contribution is 5.09. The molecule has 0 aliphatic carbocycles. The molecular formula is C9H17N3O. The van der Waals surface area contributed by atoms with E-state index in [1.54, 1.807) is 4.68 Å². The zero-order valence-electron chi connectivity index (χ0n) is 8.36. The van der Waals surface area contributed by atoms with E-state index in [4.69, 9.17) is 5.11 Å². The number of aryl methyl sites for hydroxylation is 1. The average Bonchev–Trinajstić information content (AvgIpc) is 2.51. The molecule has 1 rings (SSSR count). The van der Waals surface area contributed by atoms with E-state index in [0.717, 1.165) is 5.56 Å². The van der Waals surface area contributed by atoms with E-state index >= 15 is 0 Å². The summed E-state index contributed by atoms with van der Waals surface area (Å²) in [5.41, 5.74) is 1.14. The first kappa shape index (κ1) is 10.2. The topological polar surface area (TPSA) is 50.1 Å². The predicted octanol–water partition coefficient (Wildman–Crippen LogP) is 0.451. The number of rotatable bonds is 4. The molecule has 13 heavy (non-hydrogen) atoms. The van der Waals surface area contributed by atoms with Crippen LogP contribution in [0.1, 0.15) is 25.5 Å². The summed E-state index contributed by atoms with van der Waals surface area (Å²) in [6.07, 6.45) is 3.81. The second-order valence-corrected chi connectivity index (χ2v) is 3.42. The van der Waals surface area contributed by atoms with Gasteiger partial charge >= 0.3 is 0 Å². The van der Waals surface area contributed by atoms with E-state index < -0.39 is 0 Å². The van der Waals surface area contributed by atoms with Crippen LogP contribution in [0.25, 0.3) is 0 Å². The first-order chi connectivity index (χ1) is 6.13. The summed E-state index contributed by atoms with van der Waals surface area (Å²) in [6.45, 7) is 4.17. The van der Waals surface area contributed by atoms with Gasteiger partial charge in [-0.2, -0.15) is 5.10 Å². The Hall–Kier alpha value is -0.870. The van der Waals surface area contributed by atoms with Crippen LogP contribution < -0.4 is 5.32 Å². The molecule has 0 spiro atoms. The standard InChI is InChI=1S/C9H17N3O/c1-7(6-13)11-8(2)9-4-10-12(3)5-9/h4-5,7-8,11,13H,6H2,1-3H3/t7-,8-/m0/s1. The van der Waals surface area contributed by atoms with Crippen molar-refractivity contribution < 1.29 is 5.11 Å². The Balaban J connectivity index is 2.53. The van der Waals surface area contributed by atoms with E-state index in [2.05, 4.69) is 17.3 Å². The van der Waals surface area contributed by atoms with Crippen LogP contribution in [0.2, 0.25) is 0 Å². The molecule has 0 aromatic carbocycles. The highest BCUT2D eigenvalue weighted by Crippen LogP contribution is 2.10. The highest BCUT2D eigenvalue weighted by Gasteiger charge is 2.09. The largest absolute Gasteiger partial charge is 0.395 e. The minimum absolute atomic E-state index is 0.121. The summed E-state index contributed by atoms with van der Waals surface area (Å²) in [5, 5.41) is 16.2. The molecule has 0 aliphatic rings. The number of hydrogen-bond acceptors (Lipinski definition) is 3. The third-order valence-electron chi connectivity index (χ3n) is 2.03. The van der Waals surface area contributed by atoms with Gasteiger partial charge in [-0.1, -0.05) is 0 Å². The molecular weight excluding hydrogens is 166 g/mol. The van der Waals surface area contributed by atoms with Crippen LogP contribution in [-0.4, -0.2) is 27.5 Å². The molecule has 0 saturated carbocycles. The third-order valence-corrected chi connectivity index (χ3v) is 2.03. The Kier molecular flexibility index (Phi) is 3.45. The van der Waals surface area contributed by atoms with Gasteiger partial charge in [0.2, 0.25) is 0 Å². The van der Waals surface area contributed by atoms with E-state index in [1.165, 1.54) is 0 Å². The quantitative estimate of drug-likeness (QED) is 0.712. The second-order valence-electron chi connectivity index (χ2n) is 3.42. The van der Waals surface area contributed by atoms with Crippen molar-refractivity contribution in [2.24, 2.45) is 7.05 Å². The summed E-state index contributed by atoms with van der Waals surface area (Å²) < 4.78 is 1.77. The molecule has 1 aromatic rings. The zero-order chi connectivity index (χ0) is 9.84. The van der Waals surface area contributed by atoms with Gasteiger partial charge < -0.3 is 10.4 Å². The maximum atomic E-state index is 8.85. The van der Waals surface area contributed by atoms with Gasteiger partial charge in [0.05, 0.1) is 12.8 Å². The summed E-state index contributed by atoms with van der Waals surface area (Å²) >= 11 is 0. The zero-order valence-corrected chi connectivity index (χ0v) is 8.36. The summed E-state index contributed by atoms with van der Waals surface area (Å²) in [5.74, 6) is 0. The van der Waals surface area contributed by atoms with E-state index in [1.807, 2.05) is 26.4 Å². The number of nitrogens with zero attached hydrogens (tertiary/aromatic N) is 2. The van der Waals surface area contributed by atoms with Crippen molar-refractivity contribution in [2.45, 2.75) is 25.9 Å². The first-order valence-corrected chi connectivity index (χ1v) is 4.49. The lowest BCUT2D eigenvalue weighted by Crippen LogP contribution is -2.31. The maximum Gasteiger partial charge on any atom is 0.0582 e. The van der Waals surface area contributed by atoms with Gasteiger partial charge in [0, 0.05) is 30.9 Å². The Morgan fingerprint density at radius 2 is 2.31 bits per heavy atom. The van der Waals surface area contributed by atoms with Crippen LogP contribution in [0.5, 0.6) is 0 Å². The number of aromatic nitrogens is 2. The lowest BCUT2D eigenvalue weighted by Gasteiger charge is -2.16. The monoisotopic (exact) mass is 183 g/mol. The van der Waals surface area contributed by atoms with Crippen molar-refractivity contribution >= 4 is 0 Å².